The summed E-state index contributed by atoms with van der Waals surface area (Å²) in [5, 5.41) is 74.7. The Labute approximate surface area is 279 Å². The van der Waals surface area contributed by atoms with E-state index in [2.05, 4.69) is 13.8 Å². The minimum Gasteiger partial charge on any atom is -0.481 e. The molecule has 0 aromatic heterocycles. The normalized spacial score (nSPS) is 34.1. The first kappa shape index (κ1) is 41.7. The molecule has 0 radical (unpaired) electrons. The van der Waals surface area contributed by atoms with Crippen LogP contribution >= 0.6 is 0 Å². The summed E-state index contributed by atoms with van der Waals surface area (Å²) < 4.78 is 23.3. The second-order valence-electron chi connectivity index (χ2n) is 13.5. The quantitative estimate of drug-likeness (QED) is 0.0649. The lowest BCUT2D eigenvalue weighted by molar-refractivity contribution is -0.387. The van der Waals surface area contributed by atoms with E-state index in [9.17, 15) is 45.3 Å². The maximum absolute atomic E-state index is 13.2. The SMILES string of the molecule is CCCCCCCCCC(CC(=O)O)OC(=O)CC(CCCCCCC)O[C@H]1O[C@@H](C)[C@H](O)[C@@H](O)[C@]1(O)[C@@H]1O[C@@H](C)[C@H](O)[C@@H](O)[C@H]1O. The fourth-order valence-corrected chi connectivity index (χ4v) is 6.45. The summed E-state index contributed by atoms with van der Waals surface area (Å²) in [4.78, 5) is 24.8. The lowest BCUT2D eigenvalue weighted by atomic mass is 9.77. The van der Waals surface area contributed by atoms with Gasteiger partial charge < -0.3 is 54.7 Å². The Balaban J connectivity index is 2.22. The van der Waals surface area contributed by atoms with Gasteiger partial charge in [0.05, 0.1) is 31.2 Å². The molecular formula is C34H62O13. The van der Waals surface area contributed by atoms with Crippen molar-refractivity contribution < 1.29 is 64.3 Å². The first-order valence-electron chi connectivity index (χ1n) is 17.8. The first-order chi connectivity index (χ1) is 22.3. The molecule has 0 aromatic rings. The lowest BCUT2D eigenvalue weighted by Crippen LogP contribution is -2.76. The number of carbonyl (C=O) groups is 2. The minimum atomic E-state index is -2.63. The molecule has 2 aliphatic rings. The van der Waals surface area contributed by atoms with Crippen molar-refractivity contribution >= 4 is 11.9 Å². The van der Waals surface area contributed by atoms with Crippen LogP contribution in [0.1, 0.15) is 130 Å². The molecule has 13 heteroatoms. The number of aliphatic hydroxyl groups excluding tert-OH is 5. The number of ether oxygens (including phenoxy) is 4. The van der Waals surface area contributed by atoms with Crippen LogP contribution in [0.4, 0.5) is 0 Å². The molecule has 2 heterocycles. The zero-order valence-corrected chi connectivity index (χ0v) is 28.7. The molecule has 0 aliphatic carbocycles. The lowest BCUT2D eigenvalue weighted by Gasteiger charge is -2.54. The highest BCUT2D eigenvalue weighted by Gasteiger charge is 2.64. The van der Waals surface area contributed by atoms with Gasteiger partial charge >= 0.3 is 11.9 Å². The number of carbonyl (C=O) groups excluding carboxylic acids is 1. The second-order valence-corrected chi connectivity index (χ2v) is 13.5. The van der Waals surface area contributed by atoms with Crippen LogP contribution in [0.5, 0.6) is 0 Å². The number of unbranched alkanes of at least 4 members (excludes halogenated alkanes) is 10. The first-order valence-corrected chi connectivity index (χ1v) is 17.8. The fraction of sp³-hybridized carbons (Fsp3) is 0.941. The molecule has 2 fully saturated rings. The summed E-state index contributed by atoms with van der Waals surface area (Å²) in [6.45, 7) is 7.10. The van der Waals surface area contributed by atoms with E-state index in [1.54, 1.807) is 0 Å². The van der Waals surface area contributed by atoms with Crippen LogP contribution in [0.2, 0.25) is 0 Å². The monoisotopic (exact) mass is 678 g/mol. The molecule has 2 rings (SSSR count). The number of rotatable bonds is 22. The molecule has 0 aromatic carbocycles. The molecule has 0 bridgehead atoms. The molecule has 47 heavy (non-hydrogen) atoms. The van der Waals surface area contributed by atoms with Crippen LogP contribution in [-0.2, 0) is 28.5 Å². The summed E-state index contributed by atoms with van der Waals surface area (Å²) in [6.07, 6.45) is -4.22. The van der Waals surface area contributed by atoms with Gasteiger partial charge in [0.2, 0.25) is 0 Å². The van der Waals surface area contributed by atoms with E-state index in [1.165, 1.54) is 20.3 Å². The number of hydrogen-bond donors (Lipinski definition) is 7. The van der Waals surface area contributed by atoms with Gasteiger partial charge in [-0.15, -0.1) is 0 Å². The summed E-state index contributed by atoms with van der Waals surface area (Å²) in [5.41, 5.74) is -2.63. The van der Waals surface area contributed by atoms with E-state index >= 15 is 0 Å². The highest BCUT2D eigenvalue weighted by Crippen LogP contribution is 2.40. The smallest absolute Gasteiger partial charge is 0.308 e. The summed E-state index contributed by atoms with van der Waals surface area (Å²) >= 11 is 0. The van der Waals surface area contributed by atoms with E-state index in [-0.39, 0.29) is 12.8 Å². The Bertz CT molecular complexity index is 905. The molecule has 7 N–H and O–H groups in total. The van der Waals surface area contributed by atoms with E-state index in [4.69, 9.17) is 18.9 Å². The molecule has 12 atom stereocenters. The molecule has 2 unspecified atom stereocenters. The Morgan fingerprint density at radius 2 is 1.19 bits per heavy atom. The van der Waals surface area contributed by atoms with Gasteiger partial charge in [-0.25, -0.2) is 0 Å². The summed E-state index contributed by atoms with van der Waals surface area (Å²) in [7, 11) is 0. The van der Waals surface area contributed by atoms with Crippen molar-refractivity contribution in [3.05, 3.63) is 0 Å². The van der Waals surface area contributed by atoms with Crippen LogP contribution in [0, 0.1) is 0 Å². The summed E-state index contributed by atoms with van der Waals surface area (Å²) in [6, 6.07) is 0. The largest absolute Gasteiger partial charge is 0.481 e. The minimum absolute atomic E-state index is 0.310. The van der Waals surface area contributed by atoms with Gasteiger partial charge in [0, 0.05) is 0 Å². The second kappa shape index (κ2) is 20.9. The average molecular weight is 679 g/mol. The third kappa shape index (κ3) is 12.4. The van der Waals surface area contributed by atoms with Crippen molar-refractivity contribution in [3.8, 4) is 0 Å². The van der Waals surface area contributed by atoms with Crippen LogP contribution in [-0.4, -0.2) is 121 Å². The van der Waals surface area contributed by atoms with Crippen LogP contribution in [0.15, 0.2) is 0 Å². The maximum atomic E-state index is 13.2. The van der Waals surface area contributed by atoms with Crippen LogP contribution in [0.3, 0.4) is 0 Å². The molecule has 0 saturated carbocycles. The number of carboxylic acids is 1. The third-order valence-corrected chi connectivity index (χ3v) is 9.47. The van der Waals surface area contributed by atoms with Gasteiger partial charge in [-0.3, -0.25) is 9.59 Å². The Kier molecular flexibility index (Phi) is 18.6. The van der Waals surface area contributed by atoms with Crippen molar-refractivity contribution in [1.82, 2.24) is 0 Å². The van der Waals surface area contributed by atoms with Crippen LogP contribution in [0.25, 0.3) is 0 Å². The van der Waals surface area contributed by atoms with Crippen LogP contribution < -0.4 is 0 Å². The number of esters is 1. The van der Waals surface area contributed by atoms with Crippen molar-refractivity contribution in [2.24, 2.45) is 0 Å². The highest BCUT2D eigenvalue weighted by atomic mass is 16.7. The Morgan fingerprint density at radius 3 is 1.74 bits per heavy atom. The third-order valence-electron chi connectivity index (χ3n) is 9.47. The van der Waals surface area contributed by atoms with Gasteiger partial charge in [0.25, 0.3) is 0 Å². The molecule has 13 nitrogen and oxygen atoms in total. The van der Waals surface area contributed by atoms with Gasteiger partial charge in [-0.2, -0.15) is 0 Å². The number of hydrogen-bond acceptors (Lipinski definition) is 12. The molecule has 2 aliphatic heterocycles. The van der Waals surface area contributed by atoms with Crippen molar-refractivity contribution in [2.75, 3.05) is 0 Å². The zero-order chi connectivity index (χ0) is 35.1. The highest BCUT2D eigenvalue weighted by molar-refractivity contribution is 5.72. The van der Waals surface area contributed by atoms with E-state index in [0.29, 0.717) is 19.3 Å². The van der Waals surface area contributed by atoms with Gasteiger partial charge in [0.15, 0.2) is 11.9 Å². The number of carboxylic acid groups (broad SMARTS) is 1. The van der Waals surface area contributed by atoms with Gasteiger partial charge in [0.1, 0.15) is 42.7 Å². The Morgan fingerprint density at radius 1 is 0.681 bits per heavy atom. The number of aliphatic hydroxyl groups is 6. The summed E-state index contributed by atoms with van der Waals surface area (Å²) in [5.74, 6) is -1.77. The maximum Gasteiger partial charge on any atom is 0.308 e. The van der Waals surface area contributed by atoms with Gasteiger partial charge in [-0.1, -0.05) is 84.5 Å². The molecule has 0 spiro atoms. The number of aliphatic carboxylic acids is 1. The molecule has 276 valence electrons. The molecule has 0 amide bonds. The van der Waals surface area contributed by atoms with Crippen molar-refractivity contribution in [2.45, 2.75) is 203 Å². The standard InChI is InChI=1S/C34H62O13/c1-5-7-9-11-12-14-16-17-23(19-25(35)36)46-26(37)20-24(18-15-13-10-8-6-2)47-33-34(43,31(42)28(39)22(4)45-33)32-30(41)29(40)27(38)21(3)44-32/h21-24,27-33,38-43H,5-20H2,1-4H3,(H,35,36)/t21-,22-,23?,24?,27-,28-,29+,30+,31+,32+,33+,34-/m0/s1. The van der Waals surface area contributed by atoms with Gasteiger partial charge in [-0.05, 0) is 33.1 Å². The zero-order valence-electron chi connectivity index (χ0n) is 28.7. The molecule has 2 saturated heterocycles. The predicted octanol–water partition coefficient (Wildman–Crippen LogP) is 2.72. The Hall–Kier alpha value is -1.42. The van der Waals surface area contributed by atoms with E-state index < -0.39 is 84.9 Å². The van der Waals surface area contributed by atoms with Crippen molar-refractivity contribution in [3.63, 3.8) is 0 Å². The van der Waals surface area contributed by atoms with Crippen molar-refractivity contribution in [1.29, 1.82) is 0 Å². The predicted molar refractivity (Wildman–Crippen MR) is 171 cm³/mol. The van der Waals surface area contributed by atoms with E-state index in [1.807, 2.05) is 0 Å². The fourth-order valence-electron chi connectivity index (χ4n) is 6.45. The topological polar surface area (TPSA) is 213 Å². The molecular weight excluding hydrogens is 616 g/mol. The van der Waals surface area contributed by atoms with E-state index in [0.717, 1.165) is 64.2 Å². The average Bonchev–Trinajstić information content (AvgIpc) is 3.02.